The largest absolute Gasteiger partial charge is 0.342 e. The first-order chi connectivity index (χ1) is 9.16. The predicted octanol–water partition coefficient (Wildman–Crippen LogP) is 0.330. The molecule has 1 aliphatic rings. The number of nitrogens with one attached hydrogen (secondary N) is 2. The van der Waals surface area contributed by atoms with E-state index in [1.165, 1.54) is 17.4 Å². The molecule has 2 aromatic rings. The SMILES string of the molecule is Cn1c(=O)[nH]c(=O)c2[nH]c(N3CCCCCC3)nc21. The molecule has 19 heavy (non-hydrogen) atoms. The number of fused-ring (bicyclic) bond motifs is 1. The lowest BCUT2D eigenvalue weighted by molar-refractivity contribution is 0.726. The predicted molar refractivity (Wildman–Crippen MR) is 72.6 cm³/mol. The topological polar surface area (TPSA) is 86.8 Å². The van der Waals surface area contributed by atoms with Gasteiger partial charge in [-0.1, -0.05) is 12.8 Å². The van der Waals surface area contributed by atoms with Gasteiger partial charge in [-0.25, -0.2) is 4.79 Å². The number of rotatable bonds is 1. The van der Waals surface area contributed by atoms with Gasteiger partial charge in [0.15, 0.2) is 11.2 Å². The summed E-state index contributed by atoms with van der Waals surface area (Å²) in [5.74, 6) is 0.684. The van der Waals surface area contributed by atoms with Gasteiger partial charge in [-0.05, 0) is 12.8 Å². The molecule has 0 amide bonds. The van der Waals surface area contributed by atoms with Crippen LogP contribution in [-0.2, 0) is 7.05 Å². The molecule has 1 fully saturated rings. The van der Waals surface area contributed by atoms with E-state index in [1.54, 1.807) is 7.05 Å². The summed E-state index contributed by atoms with van der Waals surface area (Å²) in [6.45, 7) is 1.87. The molecule has 0 bridgehead atoms. The van der Waals surface area contributed by atoms with Crippen molar-refractivity contribution in [3.63, 3.8) is 0 Å². The van der Waals surface area contributed by atoms with Gasteiger partial charge in [-0.2, -0.15) is 4.98 Å². The van der Waals surface area contributed by atoms with Crippen molar-refractivity contribution in [3.8, 4) is 0 Å². The summed E-state index contributed by atoms with van der Waals surface area (Å²) in [5, 5.41) is 0. The maximum atomic E-state index is 11.8. The van der Waals surface area contributed by atoms with Gasteiger partial charge in [-0.15, -0.1) is 0 Å². The molecule has 3 heterocycles. The lowest BCUT2D eigenvalue weighted by Gasteiger charge is -2.18. The molecular weight excluding hydrogens is 246 g/mol. The zero-order chi connectivity index (χ0) is 13.4. The first-order valence-corrected chi connectivity index (χ1v) is 6.61. The van der Waals surface area contributed by atoms with E-state index < -0.39 is 11.2 Å². The van der Waals surface area contributed by atoms with Crippen molar-refractivity contribution in [1.82, 2.24) is 19.5 Å². The number of anilines is 1. The minimum atomic E-state index is -0.439. The average Bonchev–Trinajstić information content (AvgIpc) is 2.66. The van der Waals surface area contributed by atoms with Crippen LogP contribution in [0.1, 0.15) is 25.7 Å². The van der Waals surface area contributed by atoms with Gasteiger partial charge >= 0.3 is 5.69 Å². The smallest absolute Gasteiger partial charge is 0.329 e. The molecule has 0 radical (unpaired) electrons. The number of imidazole rings is 1. The minimum absolute atomic E-state index is 0.362. The summed E-state index contributed by atoms with van der Waals surface area (Å²) in [7, 11) is 1.60. The molecule has 0 aromatic carbocycles. The second-order valence-electron chi connectivity index (χ2n) is 4.98. The first kappa shape index (κ1) is 12.0. The van der Waals surface area contributed by atoms with Crippen molar-refractivity contribution >= 4 is 17.1 Å². The van der Waals surface area contributed by atoms with E-state index in [4.69, 9.17) is 0 Å². The Morgan fingerprint density at radius 1 is 1.05 bits per heavy atom. The van der Waals surface area contributed by atoms with E-state index in [1.807, 2.05) is 0 Å². The fraction of sp³-hybridized carbons (Fsp3) is 0.583. The quantitative estimate of drug-likeness (QED) is 0.776. The molecule has 0 saturated carbocycles. The Kier molecular flexibility index (Phi) is 2.88. The molecule has 102 valence electrons. The highest BCUT2D eigenvalue weighted by Crippen LogP contribution is 2.17. The van der Waals surface area contributed by atoms with Crippen molar-refractivity contribution in [3.05, 3.63) is 20.8 Å². The zero-order valence-electron chi connectivity index (χ0n) is 10.9. The molecule has 7 nitrogen and oxygen atoms in total. The Bertz CT molecular complexity index is 703. The standard InChI is InChI=1S/C12H17N5O2/c1-16-9-8(10(18)15-12(16)19)13-11(14-9)17-6-4-2-3-5-7-17/h2-7H2,1H3,(H,13,14)(H,15,18,19). The Hall–Kier alpha value is -2.05. The van der Waals surface area contributed by atoms with Crippen LogP contribution in [-0.4, -0.2) is 32.6 Å². The molecule has 0 spiro atoms. The fourth-order valence-electron chi connectivity index (χ4n) is 2.52. The third-order valence-electron chi connectivity index (χ3n) is 3.65. The summed E-state index contributed by atoms with van der Waals surface area (Å²) in [5.41, 5.74) is -0.0765. The fourth-order valence-corrected chi connectivity index (χ4v) is 2.52. The van der Waals surface area contributed by atoms with Crippen LogP contribution in [0.25, 0.3) is 11.2 Å². The highest BCUT2D eigenvalue weighted by atomic mass is 16.2. The molecule has 0 unspecified atom stereocenters. The molecule has 3 rings (SSSR count). The molecule has 0 aliphatic carbocycles. The number of nitrogens with zero attached hydrogens (tertiary/aromatic N) is 3. The Morgan fingerprint density at radius 2 is 1.74 bits per heavy atom. The van der Waals surface area contributed by atoms with E-state index in [2.05, 4.69) is 19.9 Å². The van der Waals surface area contributed by atoms with Crippen molar-refractivity contribution in [2.75, 3.05) is 18.0 Å². The van der Waals surface area contributed by atoms with Gasteiger partial charge in [-0.3, -0.25) is 14.3 Å². The maximum absolute atomic E-state index is 11.8. The number of aromatic amines is 2. The van der Waals surface area contributed by atoms with Crippen LogP contribution in [0, 0.1) is 0 Å². The van der Waals surface area contributed by atoms with E-state index in [9.17, 15) is 9.59 Å². The Labute approximate surface area is 109 Å². The van der Waals surface area contributed by atoms with Crippen LogP contribution in [0.4, 0.5) is 5.95 Å². The normalized spacial score (nSPS) is 16.8. The molecule has 2 N–H and O–H groups in total. The molecule has 1 aliphatic heterocycles. The lowest BCUT2D eigenvalue weighted by Crippen LogP contribution is -2.28. The second-order valence-corrected chi connectivity index (χ2v) is 4.98. The summed E-state index contributed by atoms with van der Waals surface area (Å²) in [6, 6.07) is 0. The van der Waals surface area contributed by atoms with Crippen LogP contribution < -0.4 is 16.1 Å². The molecule has 1 saturated heterocycles. The zero-order valence-corrected chi connectivity index (χ0v) is 10.9. The van der Waals surface area contributed by atoms with Crippen molar-refractivity contribution in [1.29, 1.82) is 0 Å². The van der Waals surface area contributed by atoms with Crippen LogP contribution in [0.3, 0.4) is 0 Å². The third-order valence-corrected chi connectivity index (χ3v) is 3.65. The van der Waals surface area contributed by atoms with Crippen molar-refractivity contribution in [2.45, 2.75) is 25.7 Å². The molecular formula is C12H17N5O2. The lowest BCUT2D eigenvalue weighted by atomic mass is 10.2. The van der Waals surface area contributed by atoms with Gasteiger partial charge in [0.05, 0.1) is 0 Å². The summed E-state index contributed by atoms with van der Waals surface area (Å²) in [4.78, 5) is 35.2. The number of hydrogen-bond acceptors (Lipinski definition) is 4. The van der Waals surface area contributed by atoms with E-state index in [0.717, 1.165) is 25.9 Å². The summed E-state index contributed by atoms with van der Waals surface area (Å²) >= 11 is 0. The number of hydrogen-bond donors (Lipinski definition) is 2. The Balaban J connectivity index is 2.11. The number of aryl methyl sites for hydroxylation is 1. The van der Waals surface area contributed by atoms with E-state index >= 15 is 0 Å². The van der Waals surface area contributed by atoms with Gasteiger partial charge in [0, 0.05) is 20.1 Å². The molecule has 2 aromatic heterocycles. The minimum Gasteiger partial charge on any atom is -0.342 e. The number of H-pyrrole nitrogens is 2. The average molecular weight is 263 g/mol. The highest BCUT2D eigenvalue weighted by molar-refractivity contribution is 5.72. The number of aromatic nitrogens is 4. The second kappa shape index (κ2) is 4.56. The van der Waals surface area contributed by atoms with Crippen molar-refractivity contribution in [2.24, 2.45) is 7.05 Å². The van der Waals surface area contributed by atoms with Crippen molar-refractivity contribution < 1.29 is 0 Å². The molecule has 7 heteroatoms. The first-order valence-electron chi connectivity index (χ1n) is 6.61. The summed E-state index contributed by atoms with van der Waals surface area (Å²) in [6.07, 6.45) is 4.73. The van der Waals surface area contributed by atoms with E-state index in [-0.39, 0.29) is 0 Å². The van der Waals surface area contributed by atoms with Crippen LogP contribution in [0.2, 0.25) is 0 Å². The maximum Gasteiger partial charge on any atom is 0.329 e. The van der Waals surface area contributed by atoms with Crippen LogP contribution >= 0.6 is 0 Å². The van der Waals surface area contributed by atoms with Gasteiger partial charge < -0.3 is 9.88 Å². The van der Waals surface area contributed by atoms with Crippen LogP contribution in [0.15, 0.2) is 9.59 Å². The van der Waals surface area contributed by atoms with Gasteiger partial charge in [0.2, 0.25) is 5.95 Å². The Morgan fingerprint density at radius 3 is 2.42 bits per heavy atom. The van der Waals surface area contributed by atoms with Crippen LogP contribution in [0.5, 0.6) is 0 Å². The third kappa shape index (κ3) is 2.05. The monoisotopic (exact) mass is 263 g/mol. The molecule has 0 atom stereocenters. The van der Waals surface area contributed by atoms with E-state index in [0.29, 0.717) is 17.1 Å². The summed E-state index contributed by atoms with van der Waals surface area (Å²) < 4.78 is 1.36. The highest BCUT2D eigenvalue weighted by Gasteiger charge is 2.16. The van der Waals surface area contributed by atoms with Gasteiger partial charge in [0.25, 0.3) is 5.56 Å². The van der Waals surface area contributed by atoms with Gasteiger partial charge in [0.1, 0.15) is 0 Å².